The molecule has 2 nitrogen and oxygen atoms in total. The van der Waals surface area contributed by atoms with Gasteiger partial charge in [-0.15, -0.1) is 23.5 Å². The van der Waals surface area contributed by atoms with E-state index < -0.39 is 0 Å². The van der Waals surface area contributed by atoms with Gasteiger partial charge in [-0.1, -0.05) is 24.3 Å². The standard InChI is InChI=1S/C22H22O2S5/c23-21-15-3-1-5-17-19(15)22(24)20-16(21)4-2-6-18(20)29-14-12-27-10-8-25-7-9-26-11-13-28-17/h1-6H,7-14H2. The Balaban J connectivity index is 1.67. The predicted molar refractivity (Wildman–Crippen MR) is 133 cm³/mol. The first-order valence-electron chi connectivity index (χ1n) is 9.61. The van der Waals surface area contributed by atoms with Crippen molar-refractivity contribution in [2.24, 2.45) is 0 Å². The molecule has 2 aromatic carbocycles. The topological polar surface area (TPSA) is 34.1 Å². The maximum absolute atomic E-state index is 13.5. The number of hydrogen-bond acceptors (Lipinski definition) is 7. The first-order chi connectivity index (χ1) is 14.3. The van der Waals surface area contributed by atoms with Gasteiger partial charge in [0.1, 0.15) is 0 Å². The van der Waals surface area contributed by atoms with Crippen LogP contribution in [0.3, 0.4) is 0 Å². The summed E-state index contributed by atoms with van der Waals surface area (Å²) in [6.45, 7) is 0. The zero-order valence-corrected chi connectivity index (χ0v) is 20.1. The maximum atomic E-state index is 13.5. The van der Waals surface area contributed by atoms with Crippen LogP contribution in [0.1, 0.15) is 31.8 Å². The van der Waals surface area contributed by atoms with Gasteiger partial charge in [0.2, 0.25) is 0 Å². The lowest BCUT2D eigenvalue weighted by atomic mass is 9.84. The van der Waals surface area contributed by atoms with E-state index in [1.165, 1.54) is 23.0 Å². The number of ketones is 2. The highest BCUT2D eigenvalue weighted by Crippen LogP contribution is 2.38. The highest BCUT2D eigenvalue weighted by molar-refractivity contribution is 8.05. The van der Waals surface area contributed by atoms with E-state index in [9.17, 15) is 9.59 Å². The minimum Gasteiger partial charge on any atom is -0.289 e. The van der Waals surface area contributed by atoms with Gasteiger partial charge in [-0.25, -0.2) is 0 Å². The molecule has 0 fully saturated rings. The van der Waals surface area contributed by atoms with Crippen molar-refractivity contribution < 1.29 is 9.59 Å². The van der Waals surface area contributed by atoms with E-state index in [1.54, 1.807) is 35.7 Å². The molecule has 0 amide bonds. The van der Waals surface area contributed by atoms with E-state index in [0.29, 0.717) is 22.3 Å². The molecule has 2 aromatic rings. The van der Waals surface area contributed by atoms with Crippen molar-refractivity contribution >= 4 is 70.4 Å². The Bertz CT molecular complexity index is 843. The molecule has 2 aliphatic rings. The van der Waals surface area contributed by atoms with Crippen LogP contribution in [-0.4, -0.2) is 57.6 Å². The molecular formula is C22H22O2S5. The van der Waals surface area contributed by atoms with Gasteiger partial charge in [-0.2, -0.15) is 35.3 Å². The molecule has 4 rings (SSSR count). The SMILES string of the molecule is O=C1c2cccc3c2C(=O)c2c(cccc21)SCCSCCSCCSCCS3. The van der Waals surface area contributed by atoms with E-state index in [-0.39, 0.29) is 11.6 Å². The molecule has 7 heteroatoms. The summed E-state index contributed by atoms with van der Waals surface area (Å²) in [4.78, 5) is 28.6. The van der Waals surface area contributed by atoms with E-state index in [4.69, 9.17) is 0 Å². The van der Waals surface area contributed by atoms with Crippen molar-refractivity contribution in [3.63, 3.8) is 0 Å². The summed E-state index contributed by atoms with van der Waals surface area (Å²) >= 11 is 9.40. The molecule has 0 radical (unpaired) electrons. The second-order valence-electron chi connectivity index (χ2n) is 6.55. The van der Waals surface area contributed by atoms with Crippen LogP contribution in [-0.2, 0) is 0 Å². The summed E-state index contributed by atoms with van der Waals surface area (Å²) in [6, 6.07) is 11.4. The van der Waals surface area contributed by atoms with Crippen LogP contribution >= 0.6 is 58.8 Å². The summed E-state index contributed by atoms with van der Waals surface area (Å²) in [5.41, 5.74) is 2.34. The summed E-state index contributed by atoms with van der Waals surface area (Å²) in [6.07, 6.45) is 0. The molecule has 0 saturated heterocycles. The largest absolute Gasteiger partial charge is 0.289 e. The number of benzene rings is 2. The molecule has 1 aliphatic heterocycles. The highest BCUT2D eigenvalue weighted by Gasteiger charge is 2.33. The fourth-order valence-corrected chi connectivity index (χ4v) is 8.97. The third-order valence-electron chi connectivity index (χ3n) is 4.71. The van der Waals surface area contributed by atoms with E-state index in [2.05, 4.69) is 0 Å². The van der Waals surface area contributed by atoms with E-state index in [0.717, 1.165) is 32.8 Å². The lowest BCUT2D eigenvalue weighted by Gasteiger charge is -2.22. The minimum absolute atomic E-state index is 0.0126. The Morgan fingerprint density at radius 2 is 0.931 bits per heavy atom. The normalized spacial score (nSPS) is 18.8. The van der Waals surface area contributed by atoms with Crippen LogP contribution in [0.2, 0.25) is 0 Å². The Morgan fingerprint density at radius 1 is 0.517 bits per heavy atom. The average molecular weight is 479 g/mol. The van der Waals surface area contributed by atoms with Gasteiger partial charge in [-0.05, 0) is 12.1 Å². The molecule has 0 N–H and O–H groups in total. The monoisotopic (exact) mass is 478 g/mol. The predicted octanol–water partition coefficient (Wildman–Crippen LogP) is 5.86. The van der Waals surface area contributed by atoms with Gasteiger partial charge in [0.05, 0.1) is 0 Å². The highest BCUT2D eigenvalue weighted by atomic mass is 32.2. The Hall–Kier alpha value is -0.470. The lowest BCUT2D eigenvalue weighted by Crippen LogP contribution is -2.22. The number of hydrogen-bond donors (Lipinski definition) is 0. The lowest BCUT2D eigenvalue weighted by molar-refractivity contribution is 0.0974. The zero-order valence-electron chi connectivity index (χ0n) is 16.0. The van der Waals surface area contributed by atoms with Crippen molar-refractivity contribution in [3.8, 4) is 0 Å². The van der Waals surface area contributed by atoms with Crippen molar-refractivity contribution in [3.05, 3.63) is 58.7 Å². The third-order valence-corrected chi connectivity index (χ3v) is 10.8. The Labute approximate surface area is 193 Å². The number of carbonyl (C=O) groups is 2. The van der Waals surface area contributed by atoms with Crippen molar-refractivity contribution in [1.29, 1.82) is 0 Å². The smallest absolute Gasteiger partial charge is 0.196 e. The molecule has 152 valence electrons. The second kappa shape index (κ2) is 10.7. The molecule has 0 atom stereocenters. The van der Waals surface area contributed by atoms with Crippen LogP contribution in [0.15, 0.2) is 46.2 Å². The first-order valence-corrected chi connectivity index (χ1v) is 15.0. The summed E-state index contributed by atoms with van der Waals surface area (Å²) in [5.74, 6) is 8.77. The van der Waals surface area contributed by atoms with Gasteiger partial charge in [0, 0.05) is 78.1 Å². The number of carbonyl (C=O) groups excluding carboxylic acids is 2. The quantitative estimate of drug-likeness (QED) is 0.400. The van der Waals surface area contributed by atoms with Crippen molar-refractivity contribution in [2.75, 3.05) is 46.0 Å². The molecule has 1 aliphatic carbocycles. The molecule has 0 spiro atoms. The van der Waals surface area contributed by atoms with Gasteiger partial charge in [0.25, 0.3) is 0 Å². The molecule has 0 unspecified atom stereocenters. The van der Waals surface area contributed by atoms with Crippen LogP contribution in [0, 0.1) is 0 Å². The molecule has 29 heavy (non-hydrogen) atoms. The fraction of sp³-hybridized carbons (Fsp3) is 0.364. The summed E-state index contributed by atoms with van der Waals surface area (Å²) in [5, 5.41) is 0. The van der Waals surface area contributed by atoms with E-state index in [1.807, 2.05) is 59.6 Å². The van der Waals surface area contributed by atoms with E-state index >= 15 is 0 Å². The Kier molecular flexibility index (Phi) is 8.03. The van der Waals surface area contributed by atoms with Gasteiger partial charge < -0.3 is 0 Å². The van der Waals surface area contributed by atoms with Crippen LogP contribution < -0.4 is 0 Å². The zero-order chi connectivity index (χ0) is 20.1. The second-order valence-corrected chi connectivity index (χ2v) is 12.5. The molecule has 0 aromatic heterocycles. The van der Waals surface area contributed by atoms with Gasteiger partial charge in [0.15, 0.2) is 11.6 Å². The fourth-order valence-electron chi connectivity index (χ4n) is 3.38. The van der Waals surface area contributed by atoms with Gasteiger partial charge in [-0.3, -0.25) is 9.59 Å². The molecule has 0 saturated carbocycles. The average Bonchev–Trinajstić information content (AvgIpc) is 2.74. The first kappa shape index (κ1) is 21.8. The van der Waals surface area contributed by atoms with Gasteiger partial charge >= 0.3 is 0 Å². The van der Waals surface area contributed by atoms with Crippen molar-refractivity contribution in [2.45, 2.75) is 9.79 Å². The summed E-state index contributed by atoms with van der Waals surface area (Å²) in [7, 11) is 0. The molecule has 2 bridgehead atoms. The third kappa shape index (κ3) is 5.06. The number of rotatable bonds is 0. The summed E-state index contributed by atoms with van der Waals surface area (Å²) < 4.78 is 0. The minimum atomic E-state index is -0.0188. The van der Waals surface area contributed by atoms with Crippen molar-refractivity contribution in [1.82, 2.24) is 0 Å². The molecular weight excluding hydrogens is 457 g/mol. The van der Waals surface area contributed by atoms with Crippen LogP contribution in [0.4, 0.5) is 0 Å². The molecule has 1 heterocycles. The maximum Gasteiger partial charge on any atom is 0.196 e. The van der Waals surface area contributed by atoms with Crippen LogP contribution in [0.25, 0.3) is 0 Å². The Morgan fingerprint density at radius 3 is 1.38 bits per heavy atom. The van der Waals surface area contributed by atoms with Crippen LogP contribution in [0.5, 0.6) is 0 Å². The number of thioether (sulfide) groups is 5.